The first-order chi connectivity index (χ1) is 13.2. The van der Waals surface area contributed by atoms with Gasteiger partial charge in [-0.05, 0) is 113 Å². The first kappa shape index (κ1) is 18.4. The normalized spacial score (nSPS) is 31.5. The molecule has 6 rings (SSSR count). The number of benzene rings is 1. The second kappa shape index (κ2) is 5.94. The van der Waals surface area contributed by atoms with Crippen molar-refractivity contribution >= 4 is 10.0 Å². The van der Waals surface area contributed by atoms with E-state index in [-0.39, 0.29) is 5.41 Å². The summed E-state index contributed by atoms with van der Waals surface area (Å²) in [7, 11) is -3.68. The molecule has 4 nitrogen and oxygen atoms in total. The van der Waals surface area contributed by atoms with E-state index in [9.17, 15) is 8.42 Å². The molecule has 0 amide bonds. The van der Waals surface area contributed by atoms with Crippen molar-refractivity contribution < 1.29 is 8.42 Å². The Hall–Kier alpha value is -1.62. The van der Waals surface area contributed by atoms with Gasteiger partial charge in [0.2, 0.25) is 0 Å². The van der Waals surface area contributed by atoms with Crippen molar-refractivity contribution in [2.75, 3.05) is 0 Å². The van der Waals surface area contributed by atoms with Crippen molar-refractivity contribution in [3.05, 3.63) is 46.3 Å². The third-order valence-electron chi connectivity index (χ3n) is 7.82. The van der Waals surface area contributed by atoms with Crippen molar-refractivity contribution in [3.63, 3.8) is 0 Å². The van der Waals surface area contributed by atoms with Gasteiger partial charge < -0.3 is 0 Å². The molecule has 0 spiro atoms. The maximum absolute atomic E-state index is 13.4. The van der Waals surface area contributed by atoms with Crippen LogP contribution in [0.1, 0.15) is 66.6 Å². The highest BCUT2D eigenvalue weighted by Gasteiger charge is 2.53. The molecule has 0 radical (unpaired) electrons. The maximum atomic E-state index is 13.4. The maximum Gasteiger partial charge on any atom is 0.283 e. The van der Waals surface area contributed by atoms with Gasteiger partial charge in [0.15, 0.2) is 0 Å². The van der Waals surface area contributed by atoms with E-state index >= 15 is 0 Å². The Labute approximate surface area is 168 Å². The summed E-state index contributed by atoms with van der Waals surface area (Å²) in [6, 6.07) is 5.36. The quantitative estimate of drug-likeness (QED) is 0.745. The van der Waals surface area contributed by atoms with Gasteiger partial charge >= 0.3 is 0 Å². The highest BCUT2D eigenvalue weighted by atomic mass is 32.2. The fourth-order valence-corrected chi connectivity index (χ4v) is 8.46. The van der Waals surface area contributed by atoms with E-state index in [0.717, 1.165) is 40.3 Å². The van der Waals surface area contributed by atoms with Crippen LogP contribution in [0.2, 0.25) is 0 Å². The molecule has 28 heavy (non-hydrogen) atoms. The molecule has 2 aromatic rings. The zero-order valence-electron chi connectivity index (χ0n) is 17.3. The van der Waals surface area contributed by atoms with Crippen LogP contribution in [0.25, 0.3) is 0 Å². The van der Waals surface area contributed by atoms with Crippen LogP contribution in [0, 0.1) is 45.4 Å². The Morgan fingerprint density at radius 3 is 2.04 bits per heavy atom. The second-order valence-electron chi connectivity index (χ2n) is 9.84. The number of aryl methyl sites for hydroxylation is 3. The van der Waals surface area contributed by atoms with E-state index in [4.69, 9.17) is 0 Å². The molecular weight excluding hydrogens is 368 g/mol. The fraction of sp³-hybridized carbons (Fsp3) is 0.609. The molecule has 1 aromatic carbocycles. The fourth-order valence-electron chi connectivity index (χ4n) is 7.01. The van der Waals surface area contributed by atoms with Crippen LogP contribution in [-0.4, -0.2) is 17.6 Å². The molecule has 4 aliphatic rings. The summed E-state index contributed by atoms with van der Waals surface area (Å²) < 4.78 is 28.1. The van der Waals surface area contributed by atoms with Gasteiger partial charge in [0.25, 0.3) is 10.0 Å². The lowest BCUT2D eigenvalue weighted by molar-refractivity contribution is -0.00574. The highest BCUT2D eigenvalue weighted by molar-refractivity contribution is 7.89. The van der Waals surface area contributed by atoms with Gasteiger partial charge in [-0.1, -0.05) is 6.07 Å². The summed E-state index contributed by atoms with van der Waals surface area (Å²) in [5.41, 5.74) is 5.22. The third-order valence-corrected chi connectivity index (χ3v) is 9.48. The van der Waals surface area contributed by atoms with Gasteiger partial charge in [0.1, 0.15) is 0 Å². The summed E-state index contributed by atoms with van der Waals surface area (Å²) in [5, 5.41) is 4.60. The van der Waals surface area contributed by atoms with E-state index in [1.165, 1.54) is 48.2 Å². The Balaban J connectivity index is 1.61. The number of rotatable bonds is 3. The van der Waals surface area contributed by atoms with Crippen molar-refractivity contribution in [1.29, 1.82) is 0 Å². The third kappa shape index (κ3) is 2.54. The molecule has 0 aliphatic heterocycles. The molecule has 4 saturated carbocycles. The predicted octanol–water partition coefficient (Wildman–Crippen LogP) is 4.82. The zero-order valence-corrected chi connectivity index (χ0v) is 18.1. The van der Waals surface area contributed by atoms with Crippen LogP contribution < -0.4 is 0 Å². The second-order valence-corrected chi connectivity index (χ2v) is 11.6. The van der Waals surface area contributed by atoms with Gasteiger partial charge in [-0.15, -0.1) is 0 Å². The highest BCUT2D eigenvalue weighted by Crippen LogP contribution is 2.61. The van der Waals surface area contributed by atoms with Crippen molar-refractivity contribution in [1.82, 2.24) is 9.19 Å². The number of hydrogen-bond acceptors (Lipinski definition) is 3. The van der Waals surface area contributed by atoms with Crippen LogP contribution >= 0.6 is 0 Å². The van der Waals surface area contributed by atoms with E-state index in [2.05, 4.69) is 5.10 Å². The minimum Gasteiger partial charge on any atom is -0.199 e. The molecule has 5 heteroatoms. The summed E-state index contributed by atoms with van der Waals surface area (Å²) in [6.07, 6.45) is 7.80. The molecule has 150 valence electrons. The topological polar surface area (TPSA) is 52.0 Å². The molecule has 0 saturated heterocycles. The van der Waals surface area contributed by atoms with Gasteiger partial charge in [0.05, 0.1) is 16.3 Å². The van der Waals surface area contributed by atoms with Crippen LogP contribution in [0.5, 0.6) is 0 Å². The summed E-state index contributed by atoms with van der Waals surface area (Å²) >= 11 is 0. The minimum absolute atomic E-state index is 0.153. The zero-order chi connectivity index (χ0) is 19.8. The molecule has 0 unspecified atom stereocenters. The van der Waals surface area contributed by atoms with Crippen molar-refractivity contribution in [2.45, 2.75) is 76.5 Å². The van der Waals surface area contributed by atoms with Crippen LogP contribution in [0.15, 0.2) is 23.1 Å². The Kier molecular flexibility index (Phi) is 3.91. The Morgan fingerprint density at radius 1 is 0.929 bits per heavy atom. The van der Waals surface area contributed by atoms with E-state index < -0.39 is 10.0 Å². The standard InChI is InChI=1S/C23H30N2O2S/c1-14-5-6-21(7-15(14)2)28(26,27)25-17(4)22(16(3)24-25)23-11-18-8-19(12-23)10-20(9-18)13-23/h5-7,18-20H,8-13H2,1-4H3. The summed E-state index contributed by atoms with van der Waals surface area (Å²) in [6.45, 7) is 7.93. The number of aromatic nitrogens is 2. The molecule has 4 aliphatic carbocycles. The Morgan fingerprint density at radius 2 is 1.50 bits per heavy atom. The van der Waals surface area contributed by atoms with Gasteiger partial charge in [-0.2, -0.15) is 17.6 Å². The minimum atomic E-state index is -3.68. The first-order valence-corrected chi connectivity index (χ1v) is 12.0. The molecule has 1 heterocycles. The first-order valence-electron chi connectivity index (χ1n) is 10.6. The van der Waals surface area contributed by atoms with E-state index in [0.29, 0.717) is 4.90 Å². The van der Waals surface area contributed by atoms with Crippen molar-refractivity contribution in [2.24, 2.45) is 17.8 Å². The van der Waals surface area contributed by atoms with Gasteiger partial charge in [-0.3, -0.25) is 0 Å². The molecular formula is C23H30N2O2S. The van der Waals surface area contributed by atoms with Gasteiger partial charge in [0, 0.05) is 5.56 Å². The molecule has 4 bridgehead atoms. The smallest absolute Gasteiger partial charge is 0.199 e. The van der Waals surface area contributed by atoms with E-state index in [1.54, 1.807) is 12.1 Å². The molecule has 1 aromatic heterocycles. The lowest BCUT2D eigenvalue weighted by Crippen LogP contribution is -2.49. The lowest BCUT2D eigenvalue weighted by Gasteiger charge is -2.57. The number of hydrogen-bond donors (Lipinski definition) is 0. The van der Waals surface area contributed by atoms with Crippen LogP contribution in [0.3, 0.4) is 0 Å². The number of nitrogens with zero attached hydrogens (tertiary/aromatic N) is 2. The average Bonchev–Trinajstić information content (AvgIpc) is 2.91. The summed E-state index contributed by atoms with van der Waals surface area (Å²) in [5.74, 6) is 2.47. The molecule has 0 N–H and O–H groups in total. The largest absolute Gasteiger partial charge is 0.283 e. The molecule has 4 fully saturated rings. The SMILES string of the molecule is Cc1ccc(S(=O)(=O)n2nc(C)c(C34CC5CC(CC(C5)C3)C4)c2C)cc1C. The average molecular weight is 399 g/mol. The lowest BCUT2D eigenvalue weighted by atomic mass is 9.48. The van der Waals surface area contributed by atoms with Gasteiger partial charge in [-0.25, -0.2) is 0 Å². The predicted molar refractivity (Wildman–Crippen MR) is 110 cm³/mol. The van der Waals surface area contributed by atoms with Crippen LogP contribution in [-0.2, 0) is 15.4 Å². The monoisotopic (exact) mass is 398 g/mol. The van der Waals surface area contributed by atoms with Crippen molar-refractivity contribution in [3.8, 4) is 0 Å². The van der Waals surface area contributed by atoms with E-state index in [1.807, 2.05) is 33.8 Å². The molecule has 0 atom stereocenters. The van der Waals surface area contributed by atoms with Crippen LogP contribution in [0.4, 0.5) is 0 Å². The Bertz CT molecular complexity index is 1030. The summed E-state index contributed by atoms with van der Waals surface area (Å²) in [4.78, 5) is 0.332.